The molecule has 0 aromatic heterocycles. The van der Waals surface area contributed by atoms with Gasteiger partial charge in [-0.2, -0.15) is 0 Å². The summed E-state index contributed by atoms with van der Waals surface area (Å²) in [6.07, 6.45) is 0.901. The van der Waals surface area contributed by atoms with E-state index in [1.807, 2.05) is 35.2 Å². The minimum Gasteiger partial charge on any atom is -0.322 e. The van der Waals surface area contributed by atoms with Gasteiger partial charge in [0, 0.05) is 16.9 Å². The Bertz CT molecular complexity index is 1080. The normalized spacial score (nSPS) is 16.0. The van der Waals surface area contributed by atoms with Gasteiger partial charge in [-0.05, 0) is 66.1 Å². The number of hydrogen-bond donors (Lipinski definition) is 1. The highest BCUT2D eigenvalue weighted by molar-refractivity contribution is 8.00. The number of carbonyl (C=O) groups excluding carboxylic acids is 2. The zero-order chi connectivity index (χ0) is 21.1. The quantitative estimate of drug-likeness (QED) is 0.600. The summed E-state index contributed by atoms with van der Waals surface area (Å²) in [6, 6.07) is 20.9. The summed E-state index contributed by atoms with van der Waals surface area (Å²) < 4.78 is 13.1. The summed E-state index contributed by atoms with van der Waals surface area (Å²) in [5.41, 5.74) is 4.00. The second-order valence-corrected chi connectivity index (χ2v) is 8.11. The van der Waals surface area contributed by atoms with Crippen molar-refractivity contribution in [2.45, 2.75) is 18.7 Å². The van der Waals surface area contributed by atoms with E-state index in [0.29, 0.717) is 17.0 Å². The summed E-state index contributed by atoms with van der Waals surface area (Å²) >= 11 is 1.57. The molecule has 1 fully saturated rings. The molecule has 1 atom stereocenters. The molecular weight excluding hydrogens is 399 g/mol. The van der Waals surface area contributed by atoms with Crippen molar-refractivity contribution >= 4 is 35.0 Å². The number of rotatable bonds is 5. The zero-order valence-electron chi connectivity index (χ0n) is 16.5. The van der Waals surface area contributed by atoms with Gasteiger partial charge in [0.1, 0.15) is 11.2 Å². The number of halogens is 1. The van der Waals surface area contributed by atoms with Crippen molar-refractivity contribution in [2.24, 2.45) is 0 Å². The molecule has 152 valence electrons. The summed E-state index contributed by atoms with van der Waals surface area (Å²) in [6.45, 7) is 2.09. The third-order valence-corrected chi connectivity index (χ3v) is 6.21. The highest BCUT2D eigenvalue weighted by Gasteiger charge is 2.34. The lowest BCUT2D eigenvalue weighted by Gasteiger charge is -2.25. The van der Waals surface area contributed by atoms with Crippen LogP contribution >= 0.6 is 11.8 Å². The second-order valence-electron chi connectivity index (χ2n) is 7.04. The Morgan fingerprint density at radius 3 is 2.63 bits per heavy atom. The molecule has 1 N–H and O–H groups in total. The number of amides is 2. The van der Waals surface area contributed by atoms with Crippen LogP contribution in [0.2, 0.25) is 0 Å². The van der Waals surface area contributed by atoms with Crippen molar-refractivity contribution in [3.8, 4) is 0 Å². The number of carbonyl (C=O) groups is 2. The van der Waals surface area contributed by atoms with E-state index in [-0.39, 0.29) is 23.0 Å². The molecule has 0 unspecified atom stereocenters. The second kappa shape index (κ2) is 8.71. The topological polar surface area (TPSA) is 49.4 Å². The molecule has 0 spiro atoms. The molecule has 3 aromatic rings. The number of hydrogen-bond acceptors (Lipinski definition) is 3. The van der Waals surface area contributed by atoms with E-state index in [4.69, 9.17) is 0 Å². The fourth-order valence-corrected chi connectivity index (χ4v) is 4.62. The van der Waals surface area contributed by atoms with Crippen LogP contribution < -0.4 is 10.2 Å². The van der Waals surface area contributed by atoms with Crippen LogP contribution in [0.5, 0.6) is 0 Å². The molecule has 6 heteroatoms. The number of benzene rings is 3. The van der Waals surface area contributed by atoms with E-state index in [9.17, 15) is 14.0 Å². The first kappa shape index (κ1) is 20.2. The van der Waals surface area contributed by atoms with Gasteiger partial charge in [-0.3, -0.25) is 14.5 Å². The van der Waals surface area contributed by atoms with Gasteiger partial charge in [0.2, 0.25) is 5.91 Å². The standard InChI is InChI=1S/C24H21FN2O2S/c1-2-16-5-3-8-21(13-16)27-22(28)15-30-24(27)18-6-4-7-20(14-18)26-23(29)17-9-11-19(25)12-10-17/h3-14,24H,2,15H2,1H3,(H,26,29)/t24-/m1/s1. The van der Waals surface area contributed by atoms with Gasteiger partial charge in [0.05, 0.1) is 5.75 Å². The molecule has 2 amide bonds. The average molecular weight is 421 g/mol. The Morgan fingerprint density at radius 2 is 1.87 bits per heavy atom. The summed E-state index contributed by atoms with van der Waals surface area (Å²) in [5, 5.41) is 2.69. The molecule has 1 aliphatic heterocycles. The molecular formula is C24H21FN2O2S. The fourth-order valence-electron chi connectivity index (χ4n) is 3.45. The van der Waals surface area contributed by atoms with Gasteiger partial charge >= 0.3 is 0 Å². The van der Waals surface area contributed by atoms with E-state index < -0.39 is 0 Å². The maximum atomic E-state index is 13.1. The van der Waals surface area contributed by atoms with E-state index in [1.54, 1.807) is 17.8 Å². The van der Waals surface area contributed by atoms with Crippen LogP contribution in [-0.4, -0.2) is 17.6 Å². The number of thioether (sulfide) groups is 1. The van der Waals surface area contributed by atoms with Gasteiger partial charge in [-0.25, -0.2) is 4.39 Å². The number of nitrogens with one attached hydrogen (secondary N) is 1. The molecule has 0 aliphatic carbocycles. The molecule has 4 rings (SSSR count). The third kappa shape index (κ3) is 4.24. The highest BCUT2D eigenvalue weighted by atomic mass is 32.2. The number of anilines is 2. The fraction of sp³-hybridized carbons (Fsp3) is 0.167. The van der Waals surface area contributed by atoms with E-state index in [1.165, 1.54) is 29.8 Å². The maximum Gasteiger partial charge on any atom is 0.255 e. The van der Waals surface area contributed by atoms with Crippen LogP contribution in [0.1, 0.15) is 33.8 Å². The predicted molar refractivity (Wildman–Crippen MR) is 119 cm³/mol. The van der Waals surface area contributed by atoms with E-state index in [2.05, 4.69) is 24.4 Å². The van der Waals surface area contributed by atoms with Crippen molar-refractivity contribution in [1.29, 1.82) is 0 Å². The van der Waals surface area contributed by atoms with Crippen LogP contribution in [0.4, 0.5) is 15.8 Å². The van der Waals surface area contributed by atoms with Crippen LogP contribution in [-0.2, 0) is 11.2 Å². The van der Waals surface area contributed by atoms with Crippen molar-refractivity contribution in [3.05, 3.63) is 95.3 Å². The number of aryl methyl sites for hydroxylation is 1. The maximum absolute atomic E-state index is 13.1. The lowest BCUT2D eigenvalue weighted by Crippen LogP contribution is -2.28. The molecule has 30 heavy (non-hydrogen) atoms. The van der Waals surface area contributed by atoms with Gasteiger partial charge in [-0.1, -0.05) is 31.2 Å². The Labute approximate surface area is 179 Å². The smallest absolute Gasteiger partial charge is 0.255 e. The molecule has 1 heterocycles. The zero-order valence-corrected chi connectivity index (χ0v) is 17.3. The van der Waals surface area contributed by atoms with Crippen LogP contribution in [0.15, 0.2) is 72.8 Å². The lowest BCUT2D eigenvalue weighted by atomic mass is 10.1. The van der Waals surface area contributed by atoms with Crippen molar-refractivity contribution < 1.29 is 14.0 Å². The van der Waals surface area contributed by atoms with Crippen molar-refractivity contribution in [3.63, 3.8) is 0 Å². The Hall–Kier alpha value is -3.12. The Balaban J connectivity index is 1.58. The summed E-state index contributed by atoms with van der Waals surface area (Å²) in [4.78, 5) is 26.9. The molecule has 0 radical (unpaired) electrons. The van der Waals surface area contributed by atoms with Gasteiger partial charge in [0.15, 0.2) is 0 Å². The van der Waals surface area contributed by atoms with Crippen molar-refractivity contribution in [1.82, 2.24) is 0 Å². The number of nitrogens with zero attached hydrogens (tertiary/aromatic N) is 1. The first-order chi connectivity index (χ1) is 14.5. The largest absolute Gasteiger partial charge is 0.322 e. The molecule has 0 saturated carbocycles. The van der Waals surface area contributed by atoms with E-state index >= 15 is 0 Å². The minimum absolute atomic E-state index is 0.0685. The molecule has 1 saturated heterocycles. The summed E-state index contributed by atoms with van der Waals surface area (Å²) in [7, 11) is 0. The predicted octanol–water partition coefficient (Wildman–Crippen LogP) is 5.42. The first-order valence-electron chi connectivity index (χ1n) is 9.74. The third-order valence-electron chi connectivity index (χ3n) is 5.00. The van der Waals surface area contributed by atoms with Crippen molar-refractivity contribution in [2.75, 3.05) is 16.0 Å². The molecule has 4 nitrogen and oxygen atoms in total. The molecule has 1 aliphatic rings. The Morgan fingerprint density at radius 1 is 1.10 bits per heavy atom. The Kier molecular flexibility index (Phi) is 5.86. The van der Waals surface area contributed by atoms with Crippen LogP contribution in [0, 0.1) is 5.82 Å². The van der Waals surface area contributed by atoms with Crippen LogP contribution in [0.25, 0.3) is 0 Å². The average Bonchev–Trinajstić information content (AvgIpc) is 3.16. The SMILES string of the molecule is CCc1cccc(N2C(=O)CS[C@@H]2c2cccc(NC(=O)c3ccc(F)cc3)c2)c1. The van der Waals surface area contributed by atoms with Gasteiger partial charge in [-0.15, -0.1) is 11.8 Å². The van der Waals surface area contributed by atoms with Crippen LogP contribution in [0.3, 0.4) is 0 Å². The van der Waals surface area contributed by atoms with E-state index in [0.717, 1.165) is 17.7 Å². The first-order valence-corrected chi connectivity index (χ1v) is 10.8. The monoisotopic (exact) mass is 420 g/mol. The molecule has 0 bridgehead atoms. The van der Waals surface area contributed by atoms with Gasteiger partial charge in [0.25, 0.3) is 5.91 Å². The minimum atomic E-state index is -0.385. The van der Waals surface area contributed by atoms with Gasteiger partial charge < -0.3 is 5.32 Å². The highest BCUT2D eigenvalue weighted by Crippen LogP contribution is 2.42. The lowest BCUT2D eigenvalue weighted by molar-refractivity contribution is -0.115. The molecule has 3 aromatic carbocycles. The summed E-state index contributed by atoms with van der Waals surface area (Å²) in [5.74, 6) is -0.217.